The van der Waals surface area contributed by atoms with Crippen LogP contribution in [0.3, 0.4) is 0 Å². The summed E-state index contributed by atoms with van der Waals surface area (Å²) in [6.45, 7) is 24.4. The predicted octanol–water partition coefficient (Wildman–Crippen LogP) is 5.52. The summed E-state index contributed by atoms with van der Waals surface area (Å²) in [5.74, 6) is -7.31. The van der Waals surface area contributed by atoms with E-state index < -0.39 is 145 Å². The Morgan fingerprint density at radius 2 is 1.52 bits per heavy atom. The van der Waals surface area contributed by atoms with Crippen LogP contribution in [-0.4, -0.2) is 215 Å². The second kappa shape index (κ2) is 33.9. The maximum absolute atomic E-state index is 15.8. The van der Waals surface area contributed by atoms with Crippen molar-refractivity contribution < 1.29 is 101 Å². The fourth-order valence-corrected chi connectivity index (χ4v) is 12.0. The van der Waals surface area contributed by atoms with Gasteiger partial charge in [0, 0.05) is 77.0 Å². The Labute approximate surface area is 486 Å². The Hall–Kier alpha value is -3.66. The number of nitrogens with one attached hydrogen (secondary N) is 1. The average Bonchev–Trinajstić information content (AvgIpc) is 4.04. The van der Waals surface area contributed by atoms with Gasteiger partial charge in [-0.1, -0.05) is 61.0 Å². The number of ketones is 1. The van der Waals surface area contributed by atoms with Crippen molar-refractivity contribution in [2.75, 3.05) is 54.7 Å². The second-order valence-corrected chi connectivity index (χ2v) is 23.8. The molecule has 4 N–H and O–H groups in total. The number of aliphatic hydroxyl groups is 2. The van der Waals surface area contributed by atoms with Gasteiger partial charge in [-0.2, -0.15) is 0 Å². The summed E-state index contributed by atoms with van der Waals surface area (Å²) in [5.41, 5.74) is -1.65. The van der Waals surface area contributed by atoms with E-state index in [9.17, 15) is 19.8 Å². The number of esters is 2. The summed E-state index contributed by atoms with van der Waals surface area (Å²) in [7, 11) is 6.31. The zero-order chi connectivity index (χ0) is 60.6. The molecule has 5 heterocycles. The molecule has 0 aliphatic carbocycles. The van der Waals surface area contributed by atoms with E-state index in [0.29, 0.717) is 25.3 Å². The number of rotatable bonds is 17. The number of alkyl carbamates (subject to hydrolysis) is 1. The summed E-state index contributed by atoms with van der Waals surface area (Å²) in [5, 5.41) is 36.5. The lowest BCUT2D eigenvalue weighted by molar-refractivity contribution is -0.305. The number of hydrogen-bond donors (Lipinski definition) is 4. The van der Waals surface area contributed by atoms with Gasteiger partial charge in [0.2, 0.25) is 0 Å². The fraction of sp³-hybridized carbons (Fsp3) is 0.897. The van der Waals surface area contributed by atoms with Gasteiger partial charge < -0.3 is 87.2 Å². The summed E-state index contributed by atoms with van der Waals surface area (Å²) < 4.78 is 76.1. The third kappa shape index (κ3) is 19.7. The quantitative estimate of drug-likeness (QED) is 0.0603. The number of aliphatic hydroxyl groups excluding tert-OH is 2. The number of oxime groups is 1. The predicted molar refractivity (Wildman–Crippen MR) is 299 cm³/mol. The van der Waals surface area contributed by atoms with Crippen molar-refractivity contribution in [3.05, 3.63) is 0 Å². The highest BCUT2D eigenvalue weighted by molar-refractivity contribution is 5.91. The van der Waals surface area contributed by atoms with Gasteiger partial charge >= 0.3 is 18.0 Å². The number of ether oxygens (including phenoxy) is 12. The molecule has 0 radical (unpaired) electrons. The van der Waals surface area contributed by atoms with Crippen LogP contribution in [0.5, 0.6) is 0 Å². The minimum absolute atomic E-state index is 0. The maximum Gasteiger partial charge on any atom is 0.408 e. The zero-order valence-electron chi connectivity index (χ0n) is 51.0. The van der Waals surface area contributed by atoms with Crippen LogP contribution >= 0.6 is 0 Å². The first-order valence-corrected chi connectivity index (χ1v) is 28.9. The lowest BCUT2D eigenvalue weighted by Gasteiger charge is -2.45. The first-order chi connectivity index (χ1) is 38.1. The third-order valence-corrected chi connectivity index (χ3v) is 16.4. The van der Waals surface area contributed by atoms with E-state index in [1.807, 2.05) is 55.5 Å². The number of methoxy groups -OCH3 is 2. The monoisotopic (exact) mass is 1180 g/mol. The number of nitrogens with zero attached hydrogens (tertiary/aromatic N) is 2. The number of likely N-dealkylation sites (N-methyl/N-ethyl adjacent to an activating group) is 1. The van der Waals surface area contributed by atoms with E-state index in [2.05, 4.69) is 22.3 Å². The molecule has 1 amide bonds. The van der Waals surface area contributed by atoms with E-state index in [1.54, 1.807) is 34.6 Å². The number of carbonyl (C=O) groups excluding carboxylic acids is 4. The van der Waals surface area contributed by atoms with Crippen LogP contribution in [0.2, 0.25) is 0 Å². The maximum atomic E-state index is 15.8. The largest absolute Gasteiger partial charge is 0.483 e. The van der Waals surface area contributed by atoms with Crippen LogP contribution in [0.1, 0.15) is 136 Å². The molecule has 82 heavy (non-hydrogen) atoms. The molecule has 5 aliphatic rings. The van der Waals surface area contributed by atoms with Crippen LogP contribution in [0, 0.1) is 41.4 Å². The molecular weight excluding hydrogens is 1070 g/mol. The van der Waals surface area contributed by atoms with Gasteiger partial charge in [0.25, 0.3) is 6.47 Å². The highest BCUT2D eigenvalue weighted by Crippen LogP contribution is 2.40. The Kier molecular flexibility index (Phi) is 30.0. The molecule has 24 heteroatoms. The standard InChI is InChI=1S/C56H97N3O19.CH2O2.CH4/c1-28(2)21-41(60)74-47-35(9)46(30(4)27-70-54-50(67-16)49(66-15)43(61)38(12)73-54)76-52(64)37(11)48(75-42-22-31(5)59(14)26-33(7)71-42)34(8)45(77-53-44(62)40(58-68-17)23-32(6)72-53)29(3)24-56(13,51(63)36(47)10)78-55(65)57-25-39-19-18-20-69-39;2-1-3;/h28-39,42-50,53-54,61-62H,18-27H2,1-17H3,(H,57,65);1H,(H,2,3);1H4/b58-40+;;/t29-,30-,31?,32+,33-,34+,35-,36+,37+,38+,39?,42-,43+,44+,45-,46+,47+,48-,49+,50+,53-,54+,56-;;/m0../s1. The number of carbonyl (C=O) groups is 5. The second-order valence-electron chi connectivity index (χ2n) is 23.8. The number of amides is 1. The van der Waals surface area contributed by atoms with Crippen molar-refractivity contribution in [1.29, 1.82) is 0 Å². The van der Waals surface area contributed by atoms with Gasteiger partial charge in [-0.25, -0.2) is 4.79 Å². The van der Waals surface area contributed by atoms with Gasteiger partial charge in [0.15, 0.2) is 30.3 Å². The van der Waals surface area contributed by atoms with Crippen molar-refractivity contribution >= 4 is 36.0 Å². The summed E-state index contributed by atoms with van der Waals surface area (Å²) >= 11 is 0. The number of Topliss-reactive ketones (excluding diaryl/α,β-unsaturated/α-hetero) is 1. The number of cyclic esters (lactones) is 1. The number of carboxylic acid groups (broad SMARTS) is 1. The molecule has 0 saturated carbocycles. The summed E-state index contributed by atoms with van der Waals surface area (Å²) in [4.78, 5) is 74.9. The Balaban J connectivity index is 0.00000431. The zero-order valence-corrected chi connectivity index (χ0v) is 51.0. The van der Waals surface area contributed by atoms with Crippen LogP contribution in [0.25, 0.3) is 0 Å². The van der Waals surface area contributed by atoms with Crippen molar-refractivity contribution in [1.82, 2.24) is 10.2 Å². The Morgan fingerprint density at radius 3 is 2.12 bits per heavy atom. The minimum atomic E-state index is -1.94. The lowest BCUT2D eigenvalue weighted by atomic mass is 9.74. The van der Waals surface area contributed by atoms with Crippen LogP contribution in [-0.2, 0) is 80.9 Å². The highest BCUT2D eigenvalue weighted by Gasteiger charge is 2.53. The average molecular weight is 1180 g/mol. The summed E-state index contributed by atoms with van der Waals surface area (Å²) in [6, 6.07) is 0.0164. The normalized spacial score (nSPS) is 40.0. The molecule has 0 aromatic carbocycles. The molecule has 0 aromatic heterocycles. The molecular formula is C58H103N3O21. The molecule has 0 bridgehead atoms. The molecule has 5 aliphatic heterocycles. The van der Waals surface area contributed by atoms with Crippen molar-refractivity contribution in [2.45, 2.75) is 240 Å². The first kappa shape index (κ1) is 72.6. The lowest BCUT2D eigenvalue weighted by Crippen LogP contribution is -2.59. The topological polar surface area (TPSA) is 294 Å². The summed E-state index contributed by atoms with van der Waals surface area (Å²) in [6.07, 6.45) is -12.1. The molecule has 5 saturated heterocycles. The van der Waals surface area contributed by atoms with Gasteiger partial charge in [-0.15, -0.1) is 0 Å². The molecule has 24 nitrogen and oxygen atoms in total. The van der Waals surface area contributed by atoms with Crippen molar-refractivity contribution in [3.8, 4) is 0 Å². The third-order valence-electron chi connectivity index (χ3n) is 16.4. The Bertz CT molecular complexity index is 2000. The van der Waals surface area contributed by atoms with Crippen molar-refractivity contribution in [3.63, 3.8) is 0 Å². The molecule has 23 atom stereocenters. The van der Waals surface area contributed by atoms with Gasteiger partial charge in [-0.05, 0) is 79.7 Å². The molecule has 476 valence electrons. The van der Waals surface area contributed by atoms with Crippen LogP contribution < -0.4 is 5.32 Å². The fourth-order valence-electron chi connectivity index (χ4n) is 12.0. The molecule has 5 rings (SSSR count). The first-order valence-electron chi connectivity index (χ1n) is 28.9. The van der Waals surface area contributed by atoms with Gasteiger partial charge in [-0.3, -0.25) is 19.2 Å². The van der Waals surface area contributed by atoms with Gasteiger partial charge in [0.05, 0.1) is 60.8 Å². The molecule has 5 fully saturated rings. The molecule has 2 unspecified atom stereocenters. The smallest absolute Gasteiger partial charge is 0.408 e. The van der Waals surface area contributed by atoms with Gasteiger partial charge in [0.1, 0.15) is 43.7 Å². The highest BCUT2D eigenvalue weighted by atomic mass is 16.7. The van der Waals surface area contributed by atoms with E-state index in [-0.39, 0.29) is 70.5 Å². The van der Waals surface area contributed by atoms with E-state index in [0.717, 1.165) is 12.8 Å². The number of hydrogen-bond acceptors (Lipinski definition) is 22. The molecule has 0 spiro atoms. The van der Waals surface area contributed by atoms with Crippen LogP contribution in [0.15, 0.2) is 5.16 Å². The molecule has 0 aromatic rings. The Morgan fingerprint density at radius 1 is 0.866 bits per heavy atom. The SMILES string of the molecule is C.CO/N=C1\C[C@@H](C)O[C@@H](O[C@@H]2[C@@H](C)[C@H](O[C@H]3CC(C)N(C)C[C@H](C)O3)[C@@H](C)C(=O)O[C@H]([C@@H](C)CO[C@@H]3O[C@H](C)[C@@H](O)[C@@H](OC)[C@H]3OC)[C@H](C)[C@@H](OC(=O)CC(C)C)[C@@H](C)C(=O)[C@@](C)(OC(=O)NCC3CCCO3)C[C@@H]2C)[C@@H]1O.O=CO. The van der Waals surface area contributed by atoms with E-state index in [1.165, 1.54) is 21.3 Å². The minimum Gasteiger partial charge on any atom is -0.483 e. The van der Waals surface area contributed by atoms with Crippen molar-refractivity contribution in [2.24, 2.45) is 46.6 Å². The van der Waals surface area contributed by atoms with E-state index in [4.69, 9.17) is 71.6 Å². The van der Waals surface area contributed by atoms with E-state index >= 15 is 9.59 Å². The van der Waals surface area contributed by atoms with Crippen LogP contribution in [0.4, 0.5) is 4.79 Å².